The Hall–Kier alpha value is -3.12. The van der Waals surface area contributed by atoms with E-state index in [9.17, 15) is 4.39 Å². The number of hydrogen-bond donors (Lipinski definition) is 0. The number of fused-ring (bicyclic) bond motifs is 1. The fourth-order valence-corrected chi connectivity index (χ4v) is 3.02. The molecule has 0 aliphatic rings. The second kappa shape index (κ2) is 7.25. The van der Waals surface area contributed by atoms with Crippen LogP contribution in [0.4, 0.5) is 4.39 Å². The molecule has 6 heteroatoms. The number of benzene rings is 2. The van der Waals surface area contributed by atoms with E-state index >= 15 is 0 Å². The quantitative estimate of drug-likeness (QED) is 0.528. The van der Waals surface area contributed by atoms with Gasteiger partial charge in [-0.3, -0.25) is 14.9 Å². The fraction of sp³-hybridized carbons (Fsp3) is 0.190. The first-order chi connectivity index (χ1) is 13.1. The van der Waals surface area contributed by atoms with Crippen LogP contribution >= 0.6 is 0 Å². The minimum atomic E-state index is -0.276. The van der Waals surface area contributed by atoms with Gasteiger partial charge < -0.3 is 4.42 Å². The van der Waals surface area contributed by atoms with Crippen molar-refractivity contribution in [1.29, 1.82) is 0 Å². The van der Waals surface area contributed by atoms with Crippen LogP contribution in [0.5, 0.6) is 0 Å². The van der Waals surface area contributed by atoms with Gasteiger partial charge in [0.15, 0.2) is 0 Å². The van der Waals surface area contributed by atoms with Crippen molar-refractivity contribution >= 4 is 11.0 Å². The summed E-state index contributed by atoms with van der Waals surface area (Å²) in [5, 5.41) is 0. The first-order valence-corrected chi connectivity index (χ1v) is 8.69. The summed E-state index contributed by atoms with van der Waals surface area (Å²) in [6.07, 6.45) is 3.39. The van der Waals surface area contributed by atoms with E-state index in [2.05, 4.69) is 32.0 Å². The highest BCUT2D eigenvalue weighted by atomic mass is 19.1. The van der Waals surface area contributed by atoms with Crippen LogP contribution in [0.25, 0.3) is 22.5 Å². The molecule has 0 radical (unpaired) electrons. The van der Waals surface area contributed by atoms with E-state index in [-0.39, 0.29) is 5.82 Å². The molecule has 2 aromatic heterocycles. The summed E-state index contributed by atoms with van der Waals surface area (Å²) >= 11 is 0. The molecule has 0 unspecified atom stereocenters. The van der Waals surface area contributed by atoms with Crippen molar-refractivity contribution < 1.29 is 8.81 Å². The van der Waals surface area contributed by atoms with Crippen LogP contribution in [0.2, 0.25) is 0 Å². The van der Waals surface area contributed by atoms with Gasteiger partial charge >= 0.3 is 0 Å². The zero-order chi connectivity index (χ0) is 18.8. The van der Waals surface area contributed by atoms with E-state index in [0.29, 0.717) is 12.4 Å². The van der Waals surface area contributed by atoms with Gasteiger partial charge in [-0.2, -0.15) is 0 Å². The number of hydrogen-bond acceptors (Lipinski definition) is 5. The van der Waals surface area contributed by atoms with Crippen LogP contribution in [0, 0.1) is 12.7 Å². The van der Waals surface area contributed by atoms with E-state index in [1.807, 2.05) is 20.0 Å². The number of aryl methyl sites for hydroxylation is 1. The lowest BCUT2D eigenvalue weighted by Gasteiger charge is -2.15. The highest BCUT2D eigenvalue weighted by molar-refractivity contribution is 5.74. The van der Waals surface area contributed by atoms with Crippen LogP contribution in [0.3, 0.4) is 0 Å². The number of oxazole rings is 1. The van der Waals surface area contributed by atoms with E-state index in [1.54, 1.807) is 24.5 Å². The Balaban J connectivity index is 1.48. The van der Waals surface area contributed by atoms with Crippen molar-refractivity contribution in [3.05, 3.63) is 77.7 Å². The molecule has 4 rings (SSSR count). The standard InChI is InChI=1S/C21H19FN4O/c1-14-20(25-21(27-14)16-4-6-17(22)7-5-16)13-26(2)12-15-3-8-18-19(11-15)24-10-9-23-18/h3-11H,12-13H2,1-2H3. The summed E-state index contributed by atoms with van der Waals surface area (Å²) in [5.74, 6) is 1.00. The van der Waals surface area contributed by atoms with E-state index < -0.39 is 0 Å². The monoisotopic (exact) mass is 362 g/mol. The topological polar surface area (TPSA) is 55.1 Å². The molecular weight excluding hydrogens is 343 g/mol. The zero-order valence-corrected chi connectivity index (χ0v) is 15.2. The Kier molecular flexibility index (Phi) is 4.64. The molecule has 4 aromatic rings. The Morgan fingerprint density at radius 2 is 1.70 bits per heavy atom. The predicted octanol–water partition coefficient (Wildman–Crippen LogP) is 4.36. The van der Waals surface area contributed by atoms with Crippen molar-refractivity contribution in [2.45, 2.75) is 20.0 Å². The molecule has 0 aliphatic carbocycles. The molecule has 0 atom stereocenters. The highest BCUT2D eigenvalue weighted by Crippen LogP contribution is 2.23. The Labute approximate surface area is 156 Å². The van der Waals surface area contributed by atoms with Gasteiger partial charge in [0.25, 0.3) is 0 Å². The first-order valence-electron chi connectivity index (χ1n) is 8.69. The lowest BCUT2D eigenvalue weighted by molar-refractivity contribution is 0.313. The zero-order valence-electron chi connectivity index (χ0n) is 15.2. The summed E-state index contributed by atoms with van der Waals surface area (Å²) < 4.78 is 18.9. The SMILES string of the molecule is Cc1oc(-c2ccc(F)cc2)nc1CN(C)Cc1ccc2nccnc2c1. The van der Waals surface area contributed by atoms with Gasteiger partial charge in [-0.1, -0.05) is 6.07 Å². The third-order valence-corrected chi connectivity index (χ3v) is 4.39. The highest BCUT2D eigenvalue weighted by Gasteiger charge is 2.14. The summed E-state index contributed by atoms with van der Waals surface area (Å²) in [6, 6.07) is 12.3. The lowest BCUT2D eigenvalue weighted by Crippen LogP contribution is -2.18. The van der Waals surface area contributed by atoms with E-state index in [0.717, 1.165) is 40.2 Å². The first kappa shape index (κ1) is 17.3. The molecule has 0 amide bonds. The van der Waals surface area contributed by atoms with Gasteiger partial charge in [0, 0.05) is 31.0 Å². The second-order valence-corrected chi connectivity index (χ2v) is 6.58. The van der Waals surface area contributed by atoms with Crippen LogP contribution < -0.4 is 0 Å². The minimum absolute atomic E-state index is 0.276. The molecule has 0 N–H and O–H groups in total. The maximum absolute atomic E-state index is 13.1. The Bertz CT molecular complexity index is 1080. The number of aromatic nitrogens is 3. The molecule has 136 valence electrons. The summed E-state index contributed by atoms with van der Waals surface area (Å²) in [5.41, 5.74) is 4.57. The minimum Gasteiger partial charge on any atom is -0.441 e. The second-order valence-electron chi connectivity index (χ2n) is 6.58. The smallest absolute Gasteiger partial charge is 0.226 e. The van der Waals surface area contributed by atoms with Crippen molar-refractivity contribution in [2.24, 2.45) is 0 Å². The molecule has 0 bridgehead atoms. The average Bonchev–Trinajstić information content (AvgIpc) is 3.02. The largest absolute Gasteiger partial charge is 0.441 e. The normalized spacial score (nSPS) is 11.4. The van der Waals surface area contributed by atoms with E-state index in [1.165, 1.54) is 12.1 Å². The third-order valence-electron chi connectivity index (χ3n) is 4.39. The number of halogens is 1. The molecule has 2 aromatic carbocycles. The summed E-state index contributed by atoms with van der Waals surface area (Å²) in [6.45, 7) is 3.30. The van der Waals surface area contributed by atoms with Gasteiger partial charge in [0.05, 0.1) is 16.7 Å². The van der Waals surface area contributed by atoms with Crippen molar-refractivity contribution in [2.75, 3.05) is 7.05 Å². The van der Waals surface area contributed by atoms with Gasteiger partial charge in [0.2, 0.25) is 5.89 Å². The number of nitrogens with zero attached hydrogens (tertiary/aromatic N) is 4. The van der Waals surface area contributed by atoms with Crippen LogP contribution in [-0.2, 0) is 13.1 Å². The van der Waals surface area contributed by atoms with Gasteiger partial charge in [0.1, 0.15) is 11.6 Å². The van der Waals surface area contributed by atoms with Crippen LogP contribution in [-0.4, -0.2) is 26.9 Å². The molecule has 2 heterocycles. The molecule has 0 saturated heterocycles. The maximum atomic E-state index is 13.1. The maximum Gasteiger partial charge on any atom is 0.226 e. The van der Waals surface area contributed by atoms with Crippen molar-refractivity contribution in [3.63, 3.8) is 0 Å². The summed E-state index contributed by atoms with van der Waals surface area (Å²) in [7, 11) is 2.03. The van der Waals surface area contributed by atoms with Gasteiger partial charge in [-0.05, 0) is 55.9 Å². The van der Waals surface area contributed by atoms with Crippen molar-refractivity contribution in [1.82, 2.24) is 19.9 Å². The predicted molar refractivity (Wildman–Crippen MR) is 101 cm³/mol. The van der Waals surface area contributed by atoms with Crippen LogP contribution in [0.15, 0.2) is 59.3 Å². The fourth-order valence-electron chi connectivity index (χ4n) is 3.02. The molecule has 0 saturated carbocycles. The molecular formula is C21H19FN4O. The molecule has 0 fully saturated rings. The molecule has 0 aliphatic heterocycles. The van der Waals surface area contributed by atoms with Gasteiger partial charge in [-0.25, -0.2) is 9.37 Å². The molecule has 5 nitrogen and oxygen atoms in total. The molecule has 0 spiro atoms. The van der Waals surface area contributed by atoms with Crippen LogP contribution in [0.1, 0.15) is 17.0 Å². The number of rotatable bonds is 5. The average molecular weight is 362 g/mol. The Morgan fingerprint density at radius 1 is 0.963 bits per heavy atom. The Morgan fingerprint density at radius 3 is 2.48 bits per heavy atom. The van der Waals surface area contributed by atoms with Crippen molar-refractivity contribution in [3.8, 4) is 11.5 Å². The van der Waals surface area contributed by atoms with E-state index in [4.69, 9.17) is 4.42 Å². The lowest BCUT2D eigenvalue weighted by atomic mass is 10.2. The van der Waals surface area contributed by atoms with Gasteiger partial charge in [-0.15, -0.1) is 0 Å². The summed E-state index contributed by atoms with van der Waals surface area (Å²) in [4.78, 5) is 15.4. The molecule has 27 heavy (non-hydrogen) atoms. The third kappa shape index (κ3) is 3.85.